The van der Waals surface area contributed by atoms with Gasteiger partial charge in [-0.25, -0.2) is 4.39 Å². The number of phenolic OH excluding ortho intramolecular Hbond substituents is 1. The van der Waals surface area contributed by atoms with Gasteiger partial charge in [-0.3, -0.25) is 9.89 Å². The number of hydrogen-bond donors (Lipinski definition) is 3. The second-order valence-electron chi connectivity index (χ2n) is 4.27. The van der Waals surface area contributed by atoms with Crippen LogP contribution in [0.2, 0.25) is 0 Å². The molecule has 6 heteroatoms. The van der Waals surface area contributed by atoms with E-state index in [2.05, 4.69) is 15.5 Å². The topological polar surface area (TPSA) is 78.0 Å². The van der Waals surface area contributed by atoms with Crippen molar-refractivity contribution in [3.8, 4) is 5.75 Å². The number of rotatable bonds is 2. The summed E-state index contributed by atoms with van der Waals surface area (Å²) in [5, 5.41) is 18.9. The molecule has 100 valence electrons. The number of benzene rings is 2. The van der Waals surface area contributed by atoms with Gasteiger partial charge in [-0.2, -0.15) is 5.10 Å². The van der Waals surface area contributed by atoms with Crippen molar-refractivity contribution in [2.75, 3.05) is 5.32 Å². The summed E-state index contributed by atoms with van der Waals surface area (Å²) < 4.78 is 13.2. The monoisotopic (exact) mass is 271 g/mol. The third-order valence-electron chi connectivity index (χ3n) is 2.84. The molecule has 3 N–H and O–H groups in total. The molecule has 0 spiro atoms. The minimum atomic E-state index is -0.479. The van der Waals surface area contributed by atoms with Gasteiger partial charge in [0.25, 0.3) is 5.91 Å². The summed E-state index contributed by atoms with van der Waals surface area (Å²) in [6.07, 6.45) is 0. The van der Waals surface area contributed by atoms with Gasteiger partial charge in [-0.15, -0.1) is 0 Å². The van der Waals surface area contributed by atoms with Crippen LogP contribution in [0.4, 0.5) is 10.1 Å². The standard InChI is InChI=1S/C14H10FN3O2/c15-8-4-5-12-11(6-8)13(18-17-12)14(20)16-9-2-1-3-10(19)7-9/h1-7,19H,(H,16,20)(H,17,18). The van der Waals surface area contributed by atoms with Gasteiger partial charge in [0.1, 0.15) is 11.6 Å². The van der Waals surface area contributed by atoms with Crippen molar-refractivity contribution in [1.82, 2.24) is 10.2 Å². The number of nitrogens with zero attached hydrogens (tertiary/aromatic N) is 1. The van der Waals surface area contributed by atoms with Crippen LogP contribution in [0.25, 0.3) is 10.9 Å². The molecule has 0 unspecified atom stereocenters. The third kappa shape index (κ3) is 2.18. The fourth-order valence-corrected chi connectivity index (χ4v) is 1.93. The van der Waals surface area contributed by atoms with Gasteiger partial charge in [-0.1, -0.05) is 6.07 Å². The van der Waals surface area contributed by atoms with E-state index in [1.165, 1.54) is 30.3 Å². The van der Waals surface area contributed by atoms with Crippen molar-refractivity contribution in [2.45, 2.75) is 0 Å². The Kier molecular flexibility index (Phi) is 2.83. The lowest BCUT2D eigenvalue weighted by atomic mass is 10.2. The fourth-order valence-electron chi connectivity index (χ4n) is 1.93. The van der Waals surface area contributed by atoms with Crippen molar-refractivity contribution in [3.05, 3.63) is 54.0 Å². The molecule has 0 bridgehead atoms. The molecule has 0 radical (unpaired) electrons. The Labute approximate surface area is 113 Å². The molecular weight excluding hydrogens is 261 g/mol. The summed E-state index contributed by atoms with van der Waals surface area (Å²) >= 11 is 0. The van der Waals surface area contributed by atoms with Crippen LogP contribution in [0.1, 0.15) is 10.5 Å². The van der Waals surface area contributed by atoms with Crippen LogP contribution in [0.15, 0.2) is 42.5 Å². The fraction of sp³-hybridized carbons (Fsp3) is 0. The highest BCUT2D eigenvalue weighted by atomic mass is 19.1. The number of halogens is 1. The van der Waals surface area contributed by atoms with Gasteiger partial charge < -0.3 is 10.4 Å². The SMILES string of the molecule is O=C(Nc1cccc(O)c1)c1n[nH]c2ccc(F)cc12. The molecule has 1 aromatic heterocycles. The first-order chi connectivity index (χ1) is 9.63. The summed E-state index contributed by atoms with van der Waals surface area (Å²) in [6.45, 7) is 0. The highest BCUT2D eigenvalue weighted by Gasteiger charge is 2.15. The first kappa shape index (κ1) is 12.2. The van der Waals surface area contributed by atoms with Crippen LogP contribution in [0, 0.1) is 5.82 Å². The number of anilines is 1. The molecule has 0 aliphatic rings. The molecule has 0 aliphatic heterocycles. The Morgan fingerprint density at radius 1 is 1.25 bits per heavy atom. The van der Waals surface area contributed by atoms with Crippen molar-refractivity contribution in [2.24, 2.45) is 0 Å². The van der Waals surface area contributed by atoms with Gasteiger partial charge in [0.15, 0.2) is 5.69 Å². The largest absolute Gasteiger partial charge is 0.508 e. The summed E-state index contributed by atoms with van der Waals surface area (Å²) in [4.78, 5) is 12.1. The van der Waals surface area contributed by atoms with Crippen molar-refractivity contribution in [1.29, 1.82) is 0 Å². The summed E-state index contributed by atoms with van der Waals surface area (Å²) in [7, 11) is 0. The van der Waals surface area contributed by atoms with E-state index in [-0.39, 0.29) is 11.4 Å². The number of aromatic amines is 1. The maximum Gasteiger partial charge on any atom is 0.276 e. The molecule has 2 aromatic carbocycles. The molecule has 3 rings (SSSR count). The number of H-pyrrole nitrogens is 1. The number of hydrogen-bond acceptors (Lipinski definition) is 3. The number of nitrogens with one attached hydrogen (secondary N) is 2. The van der Waals surface area contributed by atoms with E-state index in [9.17, 15) is 14.3 Å². The number of aromatic nitrogens is 2. The van der Waals surface area contributed by atoms with E-state index in [0.717, 1.165) is 0 Å². The predicted molar refractivity (Wildman–Crippen MR) is 72.1 cm³/mol. The lowest BCUT2D eigenvalue weighted by molar-refractivity contribution is 0.102. The van der Waals surface area contributed by atoms with Gasteiger partial charge in [0.05, 0.1) is 5.52 Å². The predicted octanol–water partition coefficient (Wildman–Crippen LogP) is 2.66. The first-order valence-electron chi connectivity index (χ1n) is 5.87. The maximum atomic E-state index is 13.2. The van der Waals surface area contributed by atoms with Crippen LogP contribution in [-0.4, -0.2) is 21.2 Å². The van der Waals surface area contributed by atoms with E-state index in [1.54, 1.807) is 12.1 Å². The van der Waals surface area contributed by atoms with Gasteiger partial charge in [0.2, 0.25) is 0 Å². The molecule has 0 fully saturated rings. The lowest BCUT2D eigenvalue weighted by Crippen LogP contribution is -2.12. The molecule has 0 saturated heterocycles. The zero-order valence-corrected chi connectivity index (χ0v) is 10.2. The molecule has 1 amide bonds. The van der Waals surface area contributed by atoms with Crippen LogP contribution in [-0.2, 0) is 0 Å². The summed E-state index contributed by atoms with van der Waals surface area (Å²) in [5.41, 5.74) is 1.11. The van der Waals surface area contributed by atoms with Crippen molar-refractivity contribution in [3.63, 3.8) is 0 Å². The molecule has 0 saturated carbocycles. The average Bonchev–Trinajstić information content (AvgIpc) is 2.81. The zero-order chi connectivity index (χ0) is 14.1. The maximum absolute atomic E-state index is 13.2. The third-order valence-corrected chi connectivity index (χ3v) is 2.84. The first-order valence-corrected chi connectivity index (χ1v) is 5.87. The lowest BCUT2D eigenvalue weighted by Gasteiger charge is -2.03. The second kappa shape index (κ2) is 4.65. The Balaban J connectivity index is 1.94. The quantitative estimate of drug-likeness (QED) is 0.670. The van der Waals surface area contributed by atoms with E-state index in [1.807, 2.05) is 0 Å². The van der Waals surface area contributed by atoms with Gasteiger partial charge in [-0.05, 0) is 30.3 Å². The molecule has 3 aromatic rings. The summed E-state index contributed by atoms with van der Waals surface area (Å²) in [5.74, 6) is -0.876. The number of amides is 1. The van der Waals surface area contributed by atoms with Crippen molar-refractivity contribution >= 4 is 22.5 Å². The van der Waals surface area contributed by atoms with Crippen LogP contribution in [0.3, 0.4) is 0 Å². The highest BCUT2D eigenvalue weighted by molar-refractivity contribution is 6.11. The second-order valence-corrected chi connectivity index (χ2v) is 4.27. The van der Waals surface area contributed by atoms with Crippen LogP contribution in [0.5, 0.6) is 5.75 Å². The van der Waals surface area contributed by atoms with Crippen molar-refractivity contribution < 1.29 is 14.3 Å². The Hall–Kier alpha value is -2.89. The average molecular weight is 271 g/mol. The van der Waals surface area contributed by atoms with Crippen LogP contribution >= 0.6 is 0 Å². The highest BCUT2D eigenvalue weighted by Crippen LogP contribution is 2.20. The van der Waals surface area contributed by atoms with Gasteiger partial charge in [0, 0.05) is 17.1 Å². The number of fused-ring (bicyclic) bond motifs is 1. The van der Waals surface area contributed by atoms with Crippen LogP contribution < -0.4 is 5.32 Å². The Morgan fingerprint density at radius 3 is 2.90 bits per heavy atom. The zero-order valence-electron chi connectivity index (χ0n) is 10.2. The molecule has 0 aliphatic carbocycles. The molecule has 20 heavy (non-hydrogen) atoms. The smallest absolute Gasteiger partial charge is 0.276 e. The van der Waals surface area contributed by atoms with Gasteiger partial charge >= 0.3 is 0 Å². The Morgan fingerprint density at radius 2 is 2.10 bits per heavy atom. The summed E-state index contributed by atoms with van der Waals surface area (Å²) in [6, 6.07) is 10.2. The number of carbonyl (C=O) groups is 1. The normalized spacial score (nSPS) is 10.7. The number of phenols is 1. The van der Waals surface area contributed by atoms with E-state index < -0.39 is 11.7 Å². The molecule has 0 atom stereocenters. The minimum Gasteiger partial charge on any atom is -0.508 e. The van der Waals surface area contributed by atoms with E-state index >= 15 is 0 Å². The van der Waals surface area contributed by atoms with E-state index in [4.69, 9.17) is 0 Å². The van der Waals surface area contributed by atoms with E-state index in [0.29, 0.717) is 16.6 Å². The Bertz CT molecular complexity index is 798. The molecular formula is C14H10FN3O2. The molecule has 5 nitrogen and oxygen atoms in total. The molecule has 1 heterocycles. The number of aromatic hydroxyl groups is 1. The number of carbonyl (C=O) groups excluding carboxylic acids is 1. The minimum absolute atomic E-state index is 0.0423.